The van der Waals surface area contributed by atoms with Gasteiger partial charge >= 0.3 is 12.1 Å². The molecule has 1 aliphatic rings. The maximum Gasteiger partial charge on any atom is 0.490 e. The van der Waals surface area contributed by atoms with Crippen molar-refractivity contribution in [1.29, 1.82) is 0 Å². The molecule has 1 rings (SSSR count). The number of nitrogens with one attached hydrogen (secondary N) is 1. The van der Waals surface area contributed by atoms with Crippen molar-refractivity contribution in [3.8, 4) is 0 Å². The summed E-state index contributed by atoms with van der Waals surface area (Å²) >= 11 is 0. The summed E-state index contributed by atoms with van der Waals surface area (Å²) in [5.74, 6) is -2.06. The van der Waals surface area contributed by atoms with Gasteiger partial charge in [-0.25, -0.2) is 4.79 Å². The smallest absolute Gasteiger partial charge is 0.456 e. The summed E-state index contributed by atoms with van der Waals surface area (Å²) in [4.78, 5) is 10.6. The molecule has 1 fully saturated rings. The van der Waals surface area contributed by atoms with E-state index in [0.29, 0.717) is 0 Å². The molecule has 0 aromatic heterocycles. The largest absolute Gasteiger partial charge is 0.490 e. The lowest BCUT2D eigenvalue weighted by atomic mass is 9.93. The topological polar surface area (TPSA) is 38.3 Å². The van der Waals surface area contributed by atoms with Gasteiger partial charge in [-0.3, -0.25) is 0 Å². The zero-order chi connectivity index (χ0) is 11.5. The quantitative estimate of drug-likeness (QED) is 0.723. The van der Waals surface area contributed by atoms with Crippen LogP contribution in [0.5, 0.6) is 0 Å². The molecule has 0 aromatic rings. The van der Waals surface area contributed by atoms with E-state index in [-0.39, 0.29) is 5.92 Å². The highest BCUT2D eigenvalue weighted by Gasteiger charge is 2.42. The van der Waals surface area contributed by atoms with Gasteiger partial charge in [0.25, 0.3) is 0 Å². The van der Waals surface area contributed by atoms with Gasteiger partial charge in [0.05, 0.1) is 0 Å². The average molecular weight is 225 g/mol. The zero-order valence-electron chi connectivity index (χ0n) is 8.43. The van der Waals surface area contributed by atoms with E-state index in [1.165, 1.54) is 6.92 Å². The van der Waals surface area contributed by atoms with Crippen molar-refractivity contribution in [3.05, 3.63) is 0 Å². The van der Waals surface area contributed by atoms with Crippen LogP contribution in [0.15, 0.2) is 0 Å². The number of carbonyl (C=O) groups excluding carboxylic acids is 1. The molecule has 0 bridgehead atoms. The Labute approximate surface area is 86.0 Å². The fourth-order valence-corrected chi connectivity index (χ4v) is 1.65. The molecule has 0 saturated carbocycles. The van der Waals surface area contributed by atoms with Crippen LogP contribution < -0.4 is 5.32 Å². The fraction of sp³-hybridized carbons (Fsp3) is 0.889. The number of alkyl halides is 3. The van der Waals surface area contributed by atoms with E-state index >= 15 is 0 Å². The molecule has 1 saturated heterocycles. The summed E-state index contributed by atoms with van der Waals surface area (Å²) in [5.41, 5.74) is 0. The summed E-state index contributed by atoms with van der Waals surface area (Å²) in [5, 5.41) is 3.09. The normalized spacial score (nSPS) is 21.1. The second-order valence-corrected chi connectivity index (χ2v) is 3.70. The third-order valence-electron chi connectivity index (χ3n) is 2.57. The molecular formula is C9H14F3NO2. The summed E-state index contributed by atoms with van der Waals surface area (Å²) in [6.45, 7) is 3.04. The second kappa shape index (κ2) is 4.83. The predicted octanol–water partition coefficient (Wildman–Crippen LogP) is 1.48. The highest BCUT2D eigenvalue weighted by atomic mass is 19.4. The molecule has 0 amide bonds. The standard InChI is InChI=1S/C9H14F3NO2/c1-6(7-2-4-13-5-3-7)15-8(14)9(10,11)12/h6-7,13H,2-5H2,1H3. The van der Waals surface area contributed by atoms with Gasteiger partial charge in [-0.2, -0.15) is 13.2 Å². The van der Waals surface area contributed by atoms with Gasteiger partial charge in [0, 0.05) is 0 Å². The van der Waals surface area contributed by atoms with Crippen molar-refractivity contribution in [2.75, 3.05) is 13.1 Å². The van der Waals surface area contributed by atoms with Crippen molar-refractivity contribution < 1.29 is 22.7 Å². The lowest BCUT2D eigenvalue weighted by molar-refractivity contribution is -0.206. The van der Waals surface area contributed by atoms with Crippen LogP contribution in [0.25, 0.3) is 0 Å². The monoisotopic (exact) mass is 225 g/mol. The van der Waals surface area contributed by atoms with Gasteiger partial charge in [0.2, 0.25) is 0 Å². The Morgan fingerprint density at radius 1 is 1.40 bits per heavy atom. The van der Waals surface area contributed by atoms with E-state index in [0.717, 1.165) is 25.9 Å². The highest BCUT2D eigenvalue weighted by molar-refractivity contribution is 5.75. The number of hydrogen-bond donors (Lipinski definition) is 1. The van der Waals surface area contributed by atoms with Crippen LogP contribution in [0, 0.1) is 5.92 Å². The van der Waals surface area contributed by atoms with Crippen LogP contribution in [0.2, 0.25) is 0 Å². The molecule has 0 aromatic carbocycles. The molecule has 0 aliphatic carbocycles. The molecule has 0 radical (unpaired) electrons. The van der Waals surface area contributed by atoms with Gasteiger partial charge in [-0.15, -0.1) is 0 Å². The van der Waals surface area contributed by atoms with Crippen molar-refractivity contribution in [2.24, 2.45) is 5.92 Å². The molecule has 1 unspecified atom stereocenters. The van der Waals surface area contributed by atoms with Crippen LogP contribution >= 0.6 is 0 Å². The van der Waals surface area contributed by atoms with Crippen LogP contribution in [0.1, 0.15) is 19.8 Å². The molecule has 15 heavy (non-hydrogen) atoms. The maximum absolute atomic E-state index is 11.9. The van der Waals surface area contributed by atoms with Crippen molar-refractivity contribution in [1.82, 2.24) is 5.32 Å². The Kier molecular flexibility index (Phi) is 3.96. The second-order valence-electron chi connectivity index (χ2n) is 3.70. The van der Waals surface area contributed by atoms with Crippen LogP contribution in [-0.4, -0.2) is 31.3 Å². The summed E-state index contributed by atoms with van der Waals surface area (Å²) in [6.07, 6.45) is -4.07. The molecule has 3 nitrogen and oxygen atoms in total. The summed E-state index contributed by atoms with van der Waals surface area (Å²) in [6, 6.07) is 0. The Morgan fingerprint density at radius 2 is 1.93 bits per heavy atom. The zero-order valence-corrected chi connectivity index (χ0v) is 8.43. The Bertz CT molecular complexity index is 224. The average Bonchev–Trinajstić information content (AvgIpc) is 2.17. The van der Waals surface area contributed by atoms with Crippen LogP contribution in [0.3, 0.4) is 0 Å². The van der Waals surface area contributed by atoms with Gasteiger partial charge in [-0.1, -0.05) is 0 Å². The van der Waals surface area contributed by atoms with Crippen molar-refractivity contribution in [3.63, 3.8) is 0 Å². The molecule has 88 valence electrons. The van der Waals surface area contributed by atoms with Crippen LogP contribution in [-0.2, 0) is 9.53 Å². The molecule has 6 heteroatoms. The molecule has 1 N–H and O–H groups in total. The van der Waals surface area contributed by atoms with E-state index in [1.54, 1.807) is 0 Å². The maximum atomic E-state index is 11.9. The summed E-state index contributed by atoms with van der Waals surface area (Å²) in [7, 11) is 0. The van der Waals surface area contributed by atoms with Crippen molar-refractivity contribution in [2.45, 2.75) is 32.0 Å². The van der Waals surface area contributed by atoms with E-state index in [1.807, 2.05) is 0 Å². The molecule has 1 atom stereocenters. The third kappa shape index (κ3) is 3.70. The van der Waals surface area contributed by atoms with Gasteiger partial charge < -0.3 is 10.1 Å². The first-order chi connectivity index (χ1) is 6.91. The van der Waals surface area contributed by atoms with Crippen molar-refractivity contribution >= 4 is 5.97 Å². The van der Waals surface area contributed by atoms with Gasteiger partial charge in [-0.05, 0) is 38.8 Å². The first-order valence-corrected chi connectivity index (χ1v) is 4.90. The Balaban J connectivity index is 2.40. The fourth-order valence-electron chi connectivity index (χ4n) is 1.65. The number of halogens is 3. The Hall–Kier alpha value is -0.780. The first-order valence-electron chi connectivity index (χ1n) is 4.90. The van der Waals surface area contributed by atoms with Crippen LogP contribution in [0.4, 0.5) is 13.2 Å². The minimum Gasteiger partial charge on any atom is -0.456 e. The molecule has 1 aliphatic heterocycles. The minimum atomic E-state index is -4.89. The highest BCUT2D eigenvalue weighted by Crippen LogP contribution is 2.23. The SMILES string of the molecule is CC(OC(=O)C(F)(F)F)C1CCNCC1. The van der Waals surface area contributed by atoms with E-state index in [9.17, 15) is 18.0 Å². The number of carbonyl (C=O) groups is 1. The predicted molar refractivity (Wildman–Crippen MR) is 47.2 cm³/mol. The van der Waals surface area contributed by atoms with Gasteiger partial charge in [0.15, 0.2) is 0 Å². The van der Waals surface area contributed by atoms with E-state index in [2.05, 4.69) is 10.1 Å². The Morgan fingerprint density at radius 3 is 2.40 bits per heavy atom. The molecule has 0 spiro atoms. The number of piperidine rings is 1. The number of rotatable bonds is 2. The number of ether oxygens (including phenoxy) is 1. The van der Waals surface area contributed by atoms with E-state index < -0.39 is 18.2 Å². The molecule has 1 heterocycles. The van der Waals surface area contributed by atoms with E-state index in [4.69, 9.17) is 0 Å². The number of hydrogen-bond acceptors (Lipinski definition) is 3. The lowest BCUT2D eigenvalue weighted by Crippen LogP contribution is -2.37. The third-order valence-corrected chi connectivity index (χ3v) is 2.57. The number of esters is 1. The lowest BCUT2D eigenvalue weighted by Gasteiger charge is -2.28. The van der Waals surface area contributed by atoms with Gasteiger partial charge in [0.1, 0.15) is 6.10 Å². The molecular weight excluding hydrogens is 211 g/mol. The first kappa shape index (κ1) is 12.3. The minimum absolute atomic E-state index is 0.0255. The summed E-state index contributed by atoms with van der Waals surface area (Å²) < 4.78 is 40.0.